The van der Waals surface area contributed by atoms with Crippen molar-refractivity contribution in [3.05, 3.63) is 48.9 Å². The number of benzene rings is 1. The van der Waals surface area contributed by atoms with E-state index in [-0.39, 0.29) is 0 Å². The molecule has 0 aliphatic carbocycles. The first-order valence-corrected chi connectivity index (χ1v) is 6.47. The highest BCUT2D eigenvalue weighted by atomic mass is 16.4. The molecule has 3 rings (SSSR count). The highest BCUT2D eigenvalue weighted by molar-refractivity contribution is 5.60. The third-order valence-electron chi connectivity index (χ3n) is 3.06. The number of nitrogens with one attached hydrogen (secondary N) is 1. The summed E-state index contributed by atoms with van der Waals surface area (Å²) >= 11 is 0. The zero-order valence-corrected chi connectivity index (χ0v) is 11.2. The van der Waals surface area contributed by atoms with Gasteiger partial charge in [0, 0.05) is 30.2 Å². The molecule has 2 aromatic heterocycles. The molecule has 0 spiro atoms. The summed E-state index contributed by atoms with van der Waals surface area (Å²) in [5, 5.41) is 10.9. The fourth-order valence-electron chi connectivity index (χ4n) is 2.04. The Labute approximate surface area is 116 Å². The van der Waals surface area contributed by atoms with Gasteiger partial charge in [0.05, 0.1) is 6.54 Å². The first-order chi connectivity index (χ1) is 9.86. The second-order valence-corrected chi connectivity index (χ2v) is 4.31. The van der Waals surface area contributed by atoms with E-state index in [0.717, 1.165) is 23.6 Å². The number of hydrogen-bond acceptors (Lipinski definition) is 5. The number of hydrogen-bond donors (Lipinski definition) is 1. The van der Waals surface area contributed by atoms with Crippen LogP contribution in [-0.4, -0.2) is 19.7 Å². The molecule has 0 atom stereocenters. The summed E-state index contributed by atoms with van der Waals surface area (Å²) in [6.07, 6.45) is 5.12. The van der Waals surface area contributed by atoms with E-state index in [9.17, 15) is 0 Å². The molecule has 20 heavy (non-hydrogen) atoms. The van der Waals surface area contributed by atoms with E-state index in [2.05, 4.69) is 32.0 Å². The maximum Gasteiger partial charge on any atom is 0.247 e. The van der Waals surface area contributed by atoms with Crippen molar-refractivity contribution < 1.29 is 4.42 Å². The Morgan fingerprint density at radius 3 is 3.10 bits per heavy atom. The molecule has 0 bridgehead atoms. The van der Waals surface area contributed by atoms with Gasteiger partial charge in [-0.2, -0.15) is 0 Å². The van der Waals surface area contributed by atoms with E-state index in [1.54, 1.807) is 0 Å². The van der Waals surface area contributed by atoms with Gasteiger partial charge in [0.2, 0.25) is 12.3 Å². The molecular weight excluding hydrogens is 254 g/mol. The van der Waals surface area contributed by atoms with Gasteiger partial charge in [-0.15, -0.1) is 10.2 Å². The fourth-order valence-corrected chi connectivity index (χ4v) is 2.04. The van der Waals surface area contributed by atoms with Gasteiger partial charge in [-0.1, -0.05) is 6.07 Å². The molecule has 0 fully saturated rings. The summed E-state index contributed by atoms with van der Waals surface area (Å²) in [6, 6.07) is 7.87. The second-order valence-electron chi connectivity index (χ2n) is 4.31. The zero-order chi connectivity index (χ0) is 13.8. The Morgan fingerprint density at radius 2 is 2.30 bits per heavy atom. The average molecular weight is 269 g/mol. The number of aryl methyl sites for hydroxylation is 1. The standard InChI is InChI=1S/C14H15N5O/c1-2-19-7-6-15-13(19)9-16-12-5-3-4-11(8-12)14-18-17-10-20-14/h3-8,10,16H,2,9H2,1H3. The minimum Gasteiger partial charge on any atom is -0.423 e. The van der Waals surface area contributed by atoms with E-state index in [1.165, 1.54) is 6.39 Å². The highest BCUT2D eigenvalue weighted by Gasteiger charge is 2.05. The smallest absolute Gasteiger partial charge is 0.247 e. The summed E-state index contributed by atoms with van der Waals surface area (Å²) in [7, 11) is 0. The number of rotatable bonds is 5. The Hall–Kier alpha value is -2.63. The van der Waals surface area contributed by atoms with Crippen molar-refractivity contribution in [2.24, 2.45) is 0 Å². The predicted molar refractivity (Wildman–Crippen MR) is 75.0 cm³/mol. The summed E-state index contributed by atoms with van der Waals surface area (Å²) in [6.45, 7) is 3.69. The molecule has 0 saturated heterocycles. The van der Waals surface area contributed by atoms with Crippen LogP contribution in [0, 0.1) is 0 Å². The van der Waals surface area contributed by atoms with E-state index >= 15 is 0 Å². The number of anilines is 1. The summed E-state index contributed by atoms with van der Waals surface area (Å²) < 4.78 is 7.30. The van der Waals surface area contributed by atoms with Gasteiger partial charge in [0.15, 0.2) is 0 Å². The first-order valence-electron chi connectivity index (χ1n) is 6.47. The average Bonchev–Trinajstić information content (AvgIpc) is 3.16. The maximum atomic E-state index is 5.19. The normalized spacial score (nSPS) is 10.7. The largest absolute Gasteiger partial charge is 0.423 e. The van der Waals surface area contributed by atoms with Crippen molar-refractivity contribution in [2.45, 2.75) is 20.0 Å². The van der Waals surface area contributed by atoms with Gasteiger partial charge < -0.3 is 14.3 Å². The molecular formula is C14H15N5O. The molecule has 1 aromatic carbocycles. The molecule has 0 radical (unpaired) electrons. The molecule has 0 aliphatic heterocycles. The van der Waals surface area contributed by atoms with Crippen LogP contribution in [0.1, 0.15) is 12.7 Å². The van der Waals surface area contributed by atoms with Crippen LogP contribution < -0.4 is 5.32 Å². The lowest BCUT2D eigenvalue weighted by molar-refractivity contribution is 0.568. The van der Waals surface area contributed by atoms with Gasteiger partial charge >= 0.3 is 0 Å². The molecule has 6 nitrogen and oxygen atoms in total. The van der Waals surface area contributed by atoms with Crippen LogP contribution in [0.3, 0.4) is 0 Å². The minimum absolute atomic E-state index is 0.517. The number of imidazole rings is 1. The topological polar surface area (TPSA) is 68.8 Å². The van der Waals surface area contributed by atoms with E-state index in [1.807, 2.05) is 36.7 Å². The third-order valence-corrected chi connectivity index (χ3v) is 3.06. The lowest BCUT2D eigenvalue weighted by atomic mass is 10.2. The van der Waals surface area contributed by atoms with Gasteiger partial charge in [-0.3, -0.25) is 0 Å². The number of nitrogens with zero attached hydrogens (tertiary/aromatic N) is 4. The van der Waals surface area contributed by atoms with Crippen molar-refractivity contribution >= 4 is 5.69 Å². The third kappa shape index (κ3) is 2.54. The van der Waals surface area contributed by atoms with Crippen LogP contribution in [-0.2, 0) is 13.1 Å². The maximum absolute atomic E-state index is 5.19. The molecule has 1 N–H and O–H groups in total. The van der Waals surface area contributed by atoms with Gasteiger partial charge in [0.25, 0.3) is 0 Å². The van der Waals surface area contributed by atoms with Crippen LogP contribution >= 0.6 is 0 Å². The van der Waals surface area contributed by atoms with Crippen molar-refractivity contribution in [1.82, 2.24) is 19.7 Å². The van der Waals surface area contributed by atoms with E-state index in [0.29, 0.717) is 12.4 Å². The van der Waals surface area contributed by atoms with Crippen molar-refractivity contribution in [1.29, 1.82) is 0 Å². The Balaban J connectivity index is 1.74. The van der Waals surface area contributed by atoms with Crippen molar-refractivity contribution in [3.63, 3.8) is 0 Å². The Morgan fingerprint density at radius 1 is 1.35 bits per heavy atom. The fraction of sp³-hybridized carbons (Fsp3) is 0.214. The molecule has 0 aliphatic rings. The van der Waals surface area contributed by atoms with Crippen LogP contribution in [0.15, 0.2) is 47.5 Å². The first kappa shape index (κ1) is 12.4. The van der Waals surface area contributed by atoms with Gasteiger partial charge in [-0.05, 0) is 25.1 Å². The van der Waals surface area contributed by atoms with E-state index < -0.39 is 0 Å². The summed E-state index contributed by atoms with van der Waals surface area (Å²) in [5.74, 6) is 1.53. The predicted octanol–water partition coefficient (Wildman–Crippen LogP) is 2.57. The SMILES string of the molecule is CCn1ccnc1CNc1cccc(-c2nnco2)c1. The molecule has 0 unspecified atom stereocenters. The Kier molecular flexibility index (Phi) is 3.45. The van der Waals surface area contributed by atoms with Crippen LogP contribution in [0.2, 0.25) is 0 Å². The van der Waals surface area contributed by atoms with Gasteiger partial charge in [0.1, 0.15) is 5.82 Å². The molecule has 0 saturated carbocycles. The van der Waals surface area contributed by atoms with Crippen LogP contribution in [0.25, 0.3) is 11.5 Å². The summed E-state index contributed by atoms with van der Waals surface area (Å²) in [5.41, 5.74) is 1.89. The molecule has 0 amide bonds. The second kappa shape index (κ2) is 5.56. The molecule has 102 valence electrons. The number of aromatic nitrogens is 4. The van der Waals surface area contributed by atoms with Crippen LogP contribution in [0.5, 0.6) is 0 Å². The van der Waals surface area contributed by atoms with Crippen molar-refractivity contribution in [3.8, 4) is 11.5 Å². The van der Waals surface area contributed by atoms with Crippen molar-refractivity contribution in [2.75, 3.05) is 5.32 Å². The lowest BCUT2D eigenvalue weighted by Crippen LogP contribution is -2.07. The summed E-state index contributed by atoms with van der Waals surface area (Å²) in [4.78, 5) is 4.33. The molecule has 2 heterocycles. The molecule has 3 aromatic rings. The minimum atomic E-state index is 0.517. The monoisotopic (exact) mass is 269 g/mol. The highest BCUT2D eigenvalue weighted by Crippen LogP contribution is 2.20. The lowest BCUT2D eigenvalue weighted by Gasteiger charge is -2.08. The quantitative estimate of drug-likeness (QED) is 0.771. The zero-order valence-electron chi connectivity index (χ0n) is 11.2. The molecule has 6 heteroatoms. The Bertz CT molecular complexity index is 674. The van der Waals surface area contributed by atoms with Gasteiger partial charge in [-0.25, -0.2) is 4.98 Å². The van der Waals surface area contributed by atoms with E-state index in [4.69, 9.17) is 4.42 Å². The van der Waals surface area contributed by atoms with Crippen LogP contribution in [0.4, 0.5) is 5.69 Å².